The van der Waals surface area contributed by atoms with Gasteiger partial charge < -0.3 is 35.0 Å². The predicted molar refractivity (Wildman–Crippen MR) is 167 cm³/mol. The van der Waals surface area contributed by atoms with E-state index in [2.05, 4.69) is 67.5 Å². The van der Waals surface area contributed by atoms with Crippen LogP contribution < -0.4 is 0 Å². The molecule has 5 rings (SSSR count). The molecule has 0 radical (unpaired) electrons. The average Bonchev–Trinajstić information content (AvgIpc) is 3.31. The quantitative estimate of drug-likeness (QED) is 0.211. The van der Waals surface area contributed by atoms with Crippen LogP contribution in [-0.2, 0) is 9.47 Å². The van der Waals surface area contributed by atoms with Gasteiger partial charge >= 0.3 is 0 Å². The molecule has 0 amide bonds. The van der Waals surface area contributed by atoms with Crippen molar-refractivity contribution in [1.82, 2.24) is 0 Å². The number of hydrogen-bond acceptors (Lipinski definition) is 7. The molecule has 0 bridgehead atoms. The molecule has 246 valence electrons. The molecule has 7 nitrogen and oxygen atoms in total. The van der Waals surface area contributed by atoms with Crippen molar-refractivity contribution < 1.29 is 35.0 Å². The zero-order valence-corrected chi connectivity index (χ0v) is 27.9. The fraction of sp³-hybridized carbons (Fsp3) is 0.889. The van der Waals surface area contributed by atoms with E-state index in [1.165, 1.54) is 11.1 Å². The first kappa shape index (κ1) is 33.6. The molecule has 5 N–H and O–H groups in total. The van der Waals surface area contributed by atoms with Crippen LogP contribution in [0.4, 0.5) is 0 Å². The summed E-state index contributed by atoms with van der Waals surface area (Å²) in [6.45, 7) is 18.2. The number of fused-ring (bicyclic) bond motifs is 5. The number of hydrogen-bond donors (Lipinski definition) is 5. The van der Waals surface area contributed by atoms with Gasteiger partial charge in [-0.25, -0.2) is 0 Å². The van der Waals surface area contributed by atoms with Gasteiger partial charge in [-0.1, -0.05) is 57.9 Å². The predicted octanol–water partition coefficient (Wildman–Crippen LogP) is 5.13. The maximum atomic E-state index is 12.0. The fourth-order valence-electron chi connectivity index (χ4n) is 11.5. The molecule has 7 heteroatoms. The Bertz CT molecular complexity index is 1080. The Morgan fingerprint density at radius 3 is 2.14 bits per heavy atom. The lowest BCUT2D eigenvalue weighted by molar-refractivity contribution is -0.331. The van der Waals surface area contributed by atoms with Crippen molar-refractivity contribution >= 4 is 0 Å². The Hall–Kier alpha value is -0.800. The fourth-order valence-corrected chi connectivity index (χ4v) is 11.5. The van der Waals surface area contributed by atoms with Gasteiger partial charge in [-0.2, -0.15) is 0 Å². The Labute approximate surface area is 259 Å². The third-order valence-corrected chi connectivity index (χ3v) is 14.0. The normalized spacial score (nSPS) is 51.3. The van der Waals surface area contributed by atoms with Gasteiger partial charge in [0, 0.05) is 0 Å². The maximum Gasteiger partial charge on any atom is 0.186 e. The van der Waals surface area contributed by atoms with E-state index in [0.717, 1.165) is 51.4 Å². The summed E-state index contributed by atoms with van der Waals surface area (Å²) in [4.78, 5) is 0. The lowest BCUT2D eigenvalue weighted by Gasteiger charge is -2.70. The van der Waals surface area contributed by atoms with Crippen LogP contribution in [0, 0.1) is 45.3 Å². The summed E-state index contributed by atoms with van der Waals surface area (Å²) in [6.07, 6.45) is 5.90. The third-order valence-electron chi connectivity index (χ3n) is 14.0. The lowest BCUT2D eigenvalue weighted by atomic mass is 9.35. The zero-order chi connectivity index (χ0) is 31.7. The highest BCUT2D eigenvalue weighted by molar-refractivity contribution is 5.23. The number of ether oxygens (including phenoxy) is 2. The summed E-state index contributed by atoms with van der Waals surface area (Å²) in [5, 5.41) is 52.9. The molecule has 43 heavy (non-hydrogen) atoms. The zero-order valence-electron chi connectivity index (χ0n) is 27.9. The van der Waals surface area contributed by atoms with E-state index in [-0.39, 0.29) is 39.8 Å². The molecule has 1 aliphatic heterocycles. The van der Waals surface area contributed by atoms with Crippen molar-refractivity contribution in [1.29, 1.82) is 0 Å². The molecule has 0 aromatic heterocycles. The van der Waals surface area contributed by atoms with Crippen LogP contribution in [0.15, 0.2) is 23.3 Å². The second kappa shape index (κ2) is 11.8. The highest BCUT2D eigenvalue weighted by Crippen LogP contribution is 2.75. The van der Waals surface area contributed by atoms with E-state index < -0.39 is 37.3 Å². The Morgan fingerprint density at radius 1 is 0.814 bits per heavy atom. The molecule has 5 fully saturated rings. The first-order chi connectivity index (χ1) is 20.0. The third kappa shape index (κ3) is 5.21. The van der Waals surface area contributed by atoms with Crippen LogP contribution in [0.3, 0.4) is 0 Å². The van der Waals surface area contributed by atoms with Crippen molar-refractivity contribution in [2.75, 3.05) is 6.61 Å². The van der Waals surface area contributed by atoms with Crippen LogP contribution >= 0.6 is 0 Å². The van der Waals surface area contributed by atoms with Gasteiger partial charge in [0.15, 0.2) is 6.29 Å². The SMILES string of the molecule is CC(C)=CCC=C(C)C1CC[C@@]2(C)C1C(O)CC1[C@@]3(C)CCC(OC4OC(CO)C(O)C(O)C4O)C(C)(C)C3CC[C@]12C. The molecule has 14 atom stereocenters. The molecule has 1 heterocycles. The van der Waals surface area contributed by atoms with Gasteiger partial charge in [0.2, 0.25) is 0 Å². The monoisotopic (exact) mass is 604 g/mol. The van der Waals surface area contributed by atoms with E-state index in [9.17, 15) is 25.5 Å². The molecule has 0 spiro atoms. The Morgan fingerprint density at radius 2 is 1.49 bits per heavy atom. The van der Waals surface area contributed by atoms with Gasteiger partial charge in [0.25, 0.3) is 0 Å². The van der Waals surface area contributed by atoms with E-state index in [0.29, 0.717) is 17.8 Å². The van der Waals surface area contributed by atoms with Crippen molar-refractivity contribution in [3.05, 3.63) is 23.3 Å². The number of aliphatic hydroxyl groups is 5. The van der Waals surface area contributed by atoms with Crippen LogP contribution in [0.2, 0.25) is 0 Å². The minimum Gasteiger partial charge on any atom is -0.394 e. The topological polar surface area (TPSA) is 120 Å². The van der Waals surface area contributed by atoms with Crippen molar-refractivity contribution in [3.63, 3.8) is 0 Å². The minimum absolute atomic E-state index is 0.0348. The van der Waals surface area contributed by atoms with Crippen LogP contribution in [0.5, 0.6) is 0 Å². The molecular formula is C36H60O7. The second-order valence-electron chi connectivity index (χ2n) is 16.6. The summed E-state index contributed by atoms with van der Waals surface area (Å²) in [5.74, 6) is 1.48. The molecule has 11 unspecified atom stereocenters. The van der Waals surface area contributed by atoms with Crippen molar-refractivity contribution in [2.24, 2.45) is 45.3 Å². The molecule has 0 aromatic rings. The van der Waals surface area contributed by atoms with E-state index in [4.69, 9.17) is 9.47 Å². The molecule has 1 saturated heterocycles. The summed E-state index contributed by atoms with van der Waals surface area (Å²) >= 11 is 0. The smallest absolute Gasteiger partial charge is 0.186 e. The second-order valence-corrected chi connectivity index (χ2v) is 16.6. The largest absolute Gasteiger partial charge is 0.394 e. The summed E-state index contributed by atoms with van der Waals surface area (Å²) in [7, 11) is 0. The maximum absolute atomic E-state index is 12.0. The highest BCUT2D eigenvalue weighted by atomic mass is 16.7. The molecule has 4 aliphatic carbocycles. The molecule has 5 aliphatic rings. The average molecular weight is 605 g/mol. The molecule has 0 aromatic carbocycles. The van der Waals surface area contributed by atoms with E-state index in [1.807, 2.05) is 0 Å². The van der Waals surface area contributed by atoms with Gasteiger partial charge in [0.05, 0.1) is 18.8 Å². The van der Waals surface area contributed by atoms with E-state index >= 15 is 0 Å². The summed E-state index contributed by atoms with van der Waals surface area (Å²) in [5.41, 5.74) is 2.80. The number of rotatable bonds is 6. The van der Waals surface area contributed by atoms with E-state index in [1.54, 1.807) is 0 Å². The Balaban J connectivity index is 1.38. The van der Waals surface area contributed by atoms with Gasteiger partial charge in [-0.05, 0) is 117 Å². The highest BCUT2D eigenvalue weighted by Gasteiger charge is 2.70. The Kier molecular flexibility index (Phi) is 9.19. The van der Waals surface area contributed by atoms with Gasteiger partial charge in [-0.3, -0.25) is 0 Å². The lowest BCUT2D eigenvalue weighted by Crippen LogP contribution is -2.67. The van der Waals surface area contributed by atoms with Crippen molar-refractivity contribution in [3.8, 4) is 0 Å². The van der Waals surface area contributed by atoms with Crippen LogP contribution in [0.1, 0.15) is 107 Å². The van der Waals surface area contributed by atoms with Crippen LogP contribution in [-0.4, -0.2) is 75.1 Å². The first-order valence-corrected chi connectivity index (χ1v) is 17.0. The molecular weight excluding hydrogens is 544 g/mol. The minimum atomic E-state index is -1.44. The standard InChI is InChI=1S/C36H60O7/c1-20(2)10-9-11-21(3)22-12-16-36(8)28(22)23(38)18-26-34(6)15-14-27(33(4,5)25(34)13-17-35(26,36)7)43-32-31(41)30(40)29(39)24(19-37)42-32/h10-11,22-32,37-41H,9,12-19H2,1-8H3/t22?,23?,24?,25?,26?,27?,28?,29?,30?,31?,32?,34-,35+,36-/m0/s1. The number of aliphatic hydroxyl groups excluding tert-OH is 5. The summed E-state index contributed by atoms with van der Waals surface area (Å²) in [6, 6.07) is 0. The van der Waals surface area contributed by atoms with Crippen LogP contribution in [0.25, 0.3) is 0 Å². The first-order valence-electron chi connectivity index (χ1n) is 17.0. The summed E-state index contributed by atoms with van der Waals surface area (Å²) < 4.78 is 12.2. The van der Waals surface area contributed by atoms with Gasteiger partial charge in [-0.15, -0.1) is 0 Å². The van der Waals surface area contributed by atoms with Crippen molar-refractivity contribution in [2.45, 2.75) is 150 Å². The number of allylic oxidation sites excluding steroid dienone is 4. The molecule has 4 saturated carbocycles. The van der Waals surface area contributed by atoms with Gasteiger partial charge in [0.1, 0.15) is 24.4 Å².